The van der Waals surface area contributed by atoms with Crippen molar-refractivity contribution < 1.29 is 9.53 Å². The van der Waals surface area contributed by atoms with E-state index >= 15 is 0 Å². The van der Waals surface area contributed by atoms with Gasteiger partial charge >= 0.3 is 0 Å². The van der Waals surface area contributed by atoms with Crippen molar-refractivity contribution in [1.29, 1.82) is 0 Å². The van der Waals surface area contributed by atoms with Gasteiger partial charge in [0.15, 0.2) is 5.11 Å². The average molecular weight is 354 g/mol. The molecule has 2 aromatic rings. The maximum atomic E-state index is 12.0. The molecule has 0 spiro atoms. The van der Waals surface area contributed by atoms with Crippen molar-refractivity contribution in [2.45, 2.75) is 19.9 Å². The van der Waals surface area contributed by atoms with Crippen LogP contribution in [0.15, 0.2) is 60.7 Å². The Balaban J connectivity index is 1.83. The molecule has 0 radical (unpaired) electrons. The lowest BCUT2D eigenvalue weighted by atomic mass is 10.1. The van der Waals surface area contributed by atoms with Crippen LogP contribution in [-0.4, -0.2) is 17.6 Å². The predicted molar refractivity (Wildman–Crippen MR) is 105 cm³/mol. The molecule has 0 aliphatic carbocycles. The van der Waals surface area contributed by atoms with E-state index in [1.54, 1.807) is 6.08 Å². The molecule has 0 aliphatic heterocycles. The molecule has 0 heterocycles. The van der Waals surface area contributed by atoms with Crippen LogP contribution < -0.4 is 15.4 Å². The number of thiocarbonyl (C=S) groups is 1. The zero-order valence-corrected chi connectivity index (χ0v) is 15.2. The lowest BCUT2D eigenvalue weighted by Gasteiger charge is -2.16. The van der Waals surface area contributed by atoms with E-state index in [0.717, 1.165) is 16.9 Å². The number of carbonyl (C=O) groups is 1. The Labute approximate surface area is 153 Å². The van der Waals surface area contributed by atoms with Crippen LogP contribution in [0, 0.1) is 0 Å². The first-order valence-corrected chi connectivity index (χ1v) is 8.56. The van der Waals surface area contributed by atoms with Crippen molar-refractivity contribution in [3.63, 3.8) is 0 Å². The summed E-state index contributed by atoms with van der Waals surface area (Å²) in [5, 5.41) is 6.05. The molecule has 2 aromatic carbocycles. The SMILES string of the molecule is CCOc1ccc(/C=C/C(=O)NC(=S)NC(C)c2ccccc2)cc1. The van der Waals surface area contributed by atoms with Gasteiger partial charge in [-0.15, -0.1) is 0 Å². The molecule has 2 rings (SSSR count). The van der Waals surface area contributed by atoms with E-state index in [-0.39, 0.29) is 11.9 Å². The molecule has 1 unspecified atom stereocenters. The van der Waals surface area contributed by atoms with E-state index in [1.807, 2.05) is 68.4 Å². The number of ether oxygens (including phenoxy) is 1. The fraction of sp³-hybridized carbons (Fsp3) is 0.200. The number of benzene rings is 2. The van der Waals surface area contributed by atoms with E-state index < -0.39 is 0 Å². The number of carbonyl (C=O) groups excluding carboxylic acids is 1. The van der Waals surface area contributed by atoms with E-state index in [9.17, 15) is 4.79 Å². The summed E-state index contributed by atoms with van der Waals surface area (Å²) < 4.78 is 5.38. The van der Waals surface area contributed by atoms with E-state index in [2.05, 4.69) is 10.6 Å². The van der Waals surface area contributed by atoms with Crippen molar-refractivity contribution >= 4 is 29.3 Å². The van der Waals surface area contributed by atoms with E-state index in [0.29, 0.717) is 11.7 Å². The third kappa shape index (κ3) is 6.39. The molecule has 4 nitrogen and oxygen atoms in total. The summed E-state index contributed by atoms with van der Waals surface area (Å²) in [6.45, 7) is 4.56. The molecular weight excluding hydrogens is 332 g/mol. The lowest BCUT2D eigenvalue weighted by molar-refractivity contribution is -0.115. The second-order valence-electron chi connectivity index (χ2n) is 5.43. The standard InChI is InChI=1S/C20H22N2O2S/c1-3-24-18-12-9-16(10-13-18)11-14-19(23)22-20(25)21-15(2)17-7-5-4-6-8-17/h4-15H,3H2,1-2H3,(H2,21,22,23,25)/b14-11+. The zero-order chi connectivity index (χ0) is 18.1. The summed E-state index contributed by atoms with van der Waals surface area (Å²) in [5.41, 5.74) is 2.01. The maximum absolute atomic E-state index is 12.0. The quantitative estimate of drug-likeness (QED) is 0.611. The fourth-order valence-electron chi connectivity index (χ4n) is 2.23. The third-order valence-electron chi connectivity index (χ3n) is 3.50. The molecule has 0 aromatic heterocycles. The minimum atomic E-state index is -0.272. The number of amides is 1. The second kappa shape index (κ2) is 9.59. The highest BCUT2D eigenvalue weighted by molar-refractivity contribution is 7.80. The van der Waals surface area contributed by atoms with Gasteiger partial charge in [0, 0.05) is 6.08 Å². The largest absolute Gasteiger partial charge is 0.494 e. The van der Waals surface area contributed by atoms with Gasteiger partial charge in [-0.1, -0.05) is 42.5 Å². The van der Waals surface area contributed by atoms with Crippen molar-refractivity contribution in [2.75, 3.05) is 6.61 Å². The lowest BCUT2D eigenvalue weighted by Crippen LogP contribution is -2.39. The smallest absolute Gasteiger partial charge is 0.250 e. The van der Waals surface area contributed by atoms with Crippen molar-refractivity contribution in [2.24, 2.45) is 0 Å². The van der Waals surface area contributed by atoms with Gasteiger partial charge in [-0.25, -0.2) is 0 Å². The summed E-state index contributed by atoms with van der Waals surface area (Å²) in [7, 11) is 0. The van der Waals surface area contributed by atoms with Gasteiger partial charge in [-0.3, -0.25) is 10.1 Å². The van der Waals surface area contributed by atoms with Crippen LogP contribution in [0.3, 0.4) is 0 Å². The minimum absolute atomic E-state index is 0.0177. The number of rotatable bonds is 6. The Bertz CT molecular complexity index is 727. The van der Waals surface area contributed by atoms with Gasteiger partial charge < -0.3 is 10.1 Å². The van der Waals surface area contributed by atoms with Gasteiger partial charge in [-0.05, 0) is 55.4 Å². The first-order valence-electron chi connectivity index (χ1n) is 8.16. The van der Waals surface area contributed by atoms with Crippen molar-refractivity contribution in [1.82, 2.24) is 10.6 Å². The van der Waals surface area contributed by atoms with Crippen LogP contribution >= 0.6 is 12.2 Å². The molecule has 5 heteroatoms. The summed E-state index contributed by atoms with van der Waals surface area (Å²) in [4.78, 5) is 12.0. The van der Waals surface area contributed by atoms with E-state index in [1.165, 1.54) is 6.08 Å². The highest BCUT2D eigenvalue weighted by atomic mass is 32.1. The molecule has 130 valence electrons. The number of nitrogens with one attached hydrogen (secondary N) is 2. The Morgan fingerprint density at radius 3 is 2.48 bits per heavy atom. The second-order valence-corrected chi connectivity index (χ2v) is 5.84. The Kier molecular flexibility index (Phi) is 7.16. The van der Waals surface area contributed by atoms with Crippen LogP contribution in [0.5, 0.6) is 5.75 Å². The third-order valence-corrected chi connectivity index (χ3v) is 3.72. The Hall–Kier alpha value is -2.66. The van der Waals surface area contributed by atoms with Crippen molar-refractivity contribution in [3.05, 3.63) is 71.8 Å². The first-order chi connectivity index (χ1) is 12.1. The molecule has 0 bridgehead atoms. The molecule has 1 amide bonds. The molecule has 0 fully saturated rings. The van der Waals surface area contributed by atoms with Crippen LogP contribution in [0.25, 0.3) is 6.08 Å². The highest BCUT2D eigenvalue weighted by Gasteiger charge is 2.07. The van der Waals surface area contributed by atoms with Crippen molar-refractivity contribution in [3.8, 4) is 5.75 Å². The van der Waals surface area contributed by atoms with E-state index in [4.69, 9.17) is 17.0 Å². The summed E-state index contributed by atoms with van der Waals surface area (Å²) in [5.74, 6) is 0.538. The highest BCUT2D eigenvalue weighted by Crippen LogP contribution is 2.13. The first kappa shape index (κ1) is 18.7. The van der Waals surface area contributed by atoms with Gasteiger partial charge in [0.1, 0.15) is 5.75 Å². The number of hydrogen-bond donors (Lipinski definition) is 2. The fourth-order valence-corrected chi connectivity index (χ4v) is 2.50. The molecular formula is C20H22N2O2S. The minimum Gasteiger partial charge on any atom is -0.494 e. The molecule has 2 N–H and O–H groups in total. The number of hydrogen-bond acceptors (Lipinski definition) is 3. The molecule has 25 heavy (non-hydrogen) atoms. The van der Waals surface area contributed by atoms with Gasteiger partial charge in [0.2, 0.25) is 5.91 Å². The molecule has 0 saturated carbocycles. The summed E-state index contributed by atoms with van der Waals surface area (Å²) in [6, 6.07) is 17.5. The Morgan fingerprint density at radius 1 is 1.16 bits per heavy atom. The predicted octanol–water partition coefficient (Wildman–Crippen LogP) is 3.85. The molecule has 0 aliphatic rings. The normalized spacial score (nSPS) is 11.8. The molecule has 0 saturated heterocycles. The monoisotopic (exact) mass is 354 g/mol. The average Bonchev–Trinajstić information content (AvgIpc) is 2.62. The van der Waals surface area contributed by atoms with Crippen LogP contribution in [-0.2, 0) is 4.79 Å². The van der Waals surface area contributed by atoms with Gasteiger partial charge in [-0.2, -0.15) is 0 Å². The topological polar surface area (TPSA) is 50.4 Å². The molecule has 1 atom stereocenters. The summed E-state index contributed by atoms with van der Waals surface area (Å²) >= 11 is 5.19. The maximum Gasteiger partial charge on any atom is 0.250 e. The zero-order valence-electron chi connectivity index (χ0n) is 14.4. The van der Waals surface area contributed by atoms with Crippen LogP contribution in [0.4, 0.5) is 0 Å². The summed E-state index contributed by atoms with van der Waals surface area (Å²) in [6.07, 6.45) is 3.19. The van der Waals surface area contributed by atoms with Gasteiger partial charge in [0.25, 0.3) is 0 Å². The van der Waals surface area contributed by atoms with Crippen LogP contribution in [0.2, 0.25) is 0 Å². The van der Waals surface area contributed by atoms with Gasteiger partial charge in [0.05, 0.1) is 12.6 Å². The Morgan fingerprint density at radius 2 is 1.84 bits per heavy atom. The van der Waals surface area contributed by atoms with Crippen LogP contribution in [0.1, 0.15) is 31.0 Å².